The summed E-state index contributed by atoms with van der Waals surface area (Å²) in [6.45, 7) is 2.45. The van der Waals surface area contributed by atoms with Crippen molar-refractivity contribution in [3.63, 3.8) is 0 Å². The third kappa shape index (κ3) is 7.24. The van der Waals surface area contributed by atoms with Gasteiger partial charge in [-0.25, -0.2) is 4.79 Å². The van der Waals surface area contributed by atoms with Crippen molar-refractivity contribution in [1.29, 1.82) is 5.41 Å². The number of carbonyl (C=O) groups is 1. The molecule has 3 rings (SSSR count). The van der Waals surface area contributed by atoms with Crippen LogP contribution in [0.3, 0.4) is 0 Å². The standard InChI is InChI=1S/C24H30ClN5O/c1-17(15-26)14-20(18-5-9-21(25)10-6-18)16-28-24(31)30-29-22-11-7-19(8-12-22)23-4-2-3-13-27-23/h2-6,9-10,13,15,17,19-20,22,26H,7-8,11-12,14,16H2,1H3,(H,28,31). The van der Waals surface area contributed by atoms with Gasteiger partial charge in [0.15, 0.2) is 0 Å². The summed E-state index contributed by atoms with van der Waals surface area (Å²) in [4.78, 5) is 16.7. The fraction of sp³-hybridized carbons (Fsp3) is 0.458. The Bertz CT molecular complexity index is 863. The highest BCUT2D eigenvalue weighted by atomic mass is 35.5. The van der Waals surface area contributed by atoms with Crippen molar-refractivity contribution in [2.45, 2.75) is 56.9 Å². The average molecular weight is 440 g/mol. The molecule has 1 aromatic heterocycles. The summed E-state index contributed by atoms with van der Waals surface area (Å²) >= 11 is 6.00. The molecule has 2 amide bonds. The number of nitrogens with one attached hydrogen (secondary N) is 2. The lowest BCUT2D eigenvalue weighted by atomic mass is 9.84. The molecule has 31 heavy (non-hydrogen) atoms. The lowest BCUT2D eigenvalue weighted by molar-refractivity contribution is 0.245. The predicted molar refractivity (Wildman–Crippen MR) is 124 cm³/mol. The first kappa shape index (κ1) is 23.1. The van der Waals surface area contributed by atoms with Crippen LogP contribution >= 0.6 is 11.6 Å². The van der Waals surface area contributed by atoms with Crippen molar-refractivity contribution in [3.8, 4) is 0 Å². The minimum Gasteiger partial charge on any atom is -0.334 e. The number of carbonyl (C=O) groups excluding carboxylic acids is 1. The Morgan fingerprint density at radius 1 is 1.23 bits per heavy atom. The second-order valence-electron chi connectivity index (χ2n) is 8.29. The van der Waals surface area contributed by atoms with Crippen molar-refractivity contribution in [1.82, 2.24) is 10.3 Å². The lowest BCUT2D eigenvalue weighted by Gasteiger charge is -2.25. The van der Waals surface area contributed by atoms with Crippen molar-refractivity contribution in [2.24, 2.45) is 16.1 Å². The van der Waals surface area contributed by atoms with Crippen LogP contribution in [0.25, 0.3) is 0 Å². The molecule has 2 atom stereocenters. The summed E-state index contributed by atoms with van der Waals surface area (Å²) in [5, 5.41) is 19.3. The van der Waals surface area contributed by atoms with Gasteiger partial charge in [-0.3, -0.25) is 4.98 Å². The lowest BCUT2D eigenvalue weighted by Crippen LogP contribution is -2.27. The van der Waals surface area contributed by atoms with E-state index in [-0.39, 0.29) is 17.9 Å². The number of pyridine rings is 1. The smallest absolute Gasteiger partial charge is 0.334 e. The van der Waals surface area contributed by atoms with Crippen LogP contribution in [0.5, 0.6) is 0 Å². The molecular weight excluding hydrogens is 410 g/mol. The van der Waals surface area contributed by atoms with Crippen molar-refractivity contribution < 1.29 is 4.79 Å². The zero-order valence-corrected chi connectivity index (χ0v) is 18.6. The van der Waals surface area contributed by atoms with E-state index >= 15 is 0 Å². The van der Waals surface area contributed by atoms with Crippen LogP contribution in [0.2, 0.25) is 5.02 Å². The first-order chi connectivity index (χ1) is 15.0. The van der Waals surface area contributed by atoms with Gasteiger partial charge in [0.05, 0.1) is 6.04 Å². The molecule has 1 aliphatic rings. The van der Waals surface area contributed by atoms with Gasteiger partial charge in [-0.2, -0.15) is 5.11 Å². The van der Waals surface area contributed by atoms with Crippen molar-refractivity contribution in [2.75, 3.05) is 6.54 Å². The van der Waals surface area contributed by atoms with Gasteiger partial charge in [0.1, 0.15) is 0 Å². The SMILES string of the molecule is CC(C=N)CC(CNC(=O)N=NC1CCC(c2ccccn2)CC1)c1ccc(Cl)cc1. The maximum absolute atomic E-state index is 12.3. The summed E-state index contributed by atoms with van der Waals surface area (Å²) < 4.78 is 0. The summed E-state index contributed by atoms with van der Waals surface area (Å²) in [6.07, 6.45) is 7.91. The van der Waals surface area contributed by atoms with E-state index in [1.54, 1.807) is 0 Å². The molecule has 164 valence electrons. The second kappa shape index (κ2) is 11.7. The average Bonchev–Trinajstić information content (AvgIpc) is 2.81. The zero-order chi connectivity index (χ0) is 22.1. The van der Waals surface area contributed by atoms with Crippen LogP contribution < -0.4 is 5.32 Å². The molecule has 0 bridgehead atoms. The number of urea groups is 1. The van der Waals surface area contributed by atoms with E-state index in [1.807, 2.05) is 49.5 Å². The number of azo groups is 1. The van der Waals surface area contributed by atoms with Gasteiger partial charge in [0.25, 0.3) is 0 Å². The summed E-state index contributed by atoms with van der Waals surface area (Å²) in [5.41, 5.74) is 2.23. The molecule has 0 aliphatic heterocycles. The Morgan fingerprint density at radius 2 is 1.97 bits per heavy atom. The highest BCUT2D eigenvalue weighted by Gasteiger charge is 2.23. The molecule has 2 unspecified atom stereocenters. The highest BCUT2D eigenvalue weighted by molar-refractivity contribution is 6.30. The Kier molecular flexibility index (Phi) is 8.71. The molecule has 7 heteroatoms. The molecule has 2 N–H and O–H groups in total. The van der Waals surface area contributed by atoms with Gasteiger partial charge in [-0.05, 0) is 74.1 Å². The van der Waals surface area contributed by atoms with E-state index in [0.717, 1.165) is 43.4 Å². The van der Waals surface area contributed by atoms with Crippen LogP contribution in [0.15, 0.2) is 58.9 Å². The number of benzene rings is 1. The fourth-order valence-corrected chi connectivity index (χ4v) is 4.20. The predicted octanol–water partition coefficient (Wildman–Crippen LogP) is 6.38. The van der Waals surface area contributed by atoms with Crippen LogP contribution in [0.1, 0.15) is 62.1 Å². The Morgan fingerprint density at radius 3 is 2.61 bits per heavy atom. The molecule has 1 aromatic carbocycles. The summed E-state index contributed by atoms with van der Waals surface area (Å²) in [6, 6.07) is 13.4. The second-order valence-corrected chi connectivity index (χ2v) is 8.73. The third-order valence-corrected chi connectivity index (χ3v) is 6.15. The maximum Gasteiger partial charge on any atom is 0.359 e. The van der Waals surface area contributed by atoms with E-state index in [4.69, 9.17) is 17.0 Å². The molecule has 0 spiro atoms. The summed E-state index contributed by atoms with van der Waals surface area (Å²) in [5.74, 6) is 0.674. The van der Waals surface area contributed by atoms with E-state index in [1.165, 1.54) is 6.21 Å². The number of amides is 2. The molecule has 6 nitrogen and oxygen atoms in total. The minimum atomic E-state index is -0.409. The first-order valence-electron chi connectivity index (χ1n) is 10.9. The van der Waals surface area contributed by atoms with E-state index in [9.17, 15) is 4.79 Å². The van der Waals surface area contributed by atoms with E-state index in [2.05, 4.69) is 26.6 Å². The quantitative estimate of drug-likeness (QED) is 0.369. The van der Waals surface area contributed by atoms with Gasteiger partial charge in [-0.15, -0.1) is 0 Å². The molecule has 1 heterocycles. The van der Waals surface area contributed by atoms with Crippen molar-refractivity contribution >= 4 is 23.8 Å². The van der Waals surface area contributed by atoms with E-state index in [0.29, 0.717) is 17.5 Å². The van der Waals surface area contributed by atoms with E-state index < -0.39 is 6.03 Å². The maximum atomic E-state index is 12.3. The minimum absolute atomic E-state index is 0.0850. The van der Waals surface area contributed by atoms with Crippen molar-refractivity contribution in [3.05, 3.63) is 64.9 Å². The molecular formula is C24H30ClN5O. The molecule has 1 saturated carbocycles. The molecule has 0 saturated heterocycles. The number of aromatic nitrogens is 1. The van der Waals surface area contributed by atoms with Crippen LogP contribution in [0, 0.1) is 11.3 Å². The first-order valence-corrected chi connectivity index (χ1v) is 11.3. The Labute approximate surface area is 189 Å². The van der Waals surface area contributed by atoms with Gasteiger partial charge in [-0.1, -0.05) is 41.8 Å². The molecule has 2 aromatic rings. The largest absolute Gasteiger partial charge is 0.359 e. The zero-order valence-electron chi connectivity index (χ0n) is 17.9. The topological polar surface area (TPSA) is 90.6 Å². The van der Waals surface area contributed by atoms with Gasteiger partial charge in [0, 0.05) is 35.3 Å². The number of hydrogen-bond acceptors (Lipinski definition) is 4. The number of halogens is 1. The Balaban J connectivity index is 1.49. The van der Waals surface area contributed by atoms with Crippen LogP contribution in [-0.2, 0) is 0 Å². The number of hydrogen-bond donors (Lipinski definition) is 2. The van der Waals surface area contributed by atoms with Gasteiger partial charge in [0.2, 0.25) is 0 Å². The number of nitrogens with zero attached hydrogens (tertiary/aromatic N) is 3. The molecule has 1 aliphatic carbocycles. The monoisotopic (exact) mass is 439 g/mol. The van der Waals surface area contributed by atoms with Gasteiger partial charge < -0.3 is 10.7 Å². The van der Waals surface area contributed by atoms with Crippen LogP contribution in [-0.4, -0.2) is 29.8 Å². The normalized spacial score (nSPS) is 20.8. The Hall–Kier alpha value is -2.60. The van der Waals surface area contributed by atoms with Gasteiger partial charge >= 0.3 is 6.03 Å². The highest BCUT2D eigenvalue weighted by Crippen LogP contribution is 2.33. The third-order valence-electron chi connectivity index (χ3n) is 5.90. The fourth-order valence-electron chi connectivity index (χ4n) is 4.07. The summed E-state index contributed by atoms with van der Waals surface area (Å²) in [7, 11) is 0. The molecule has 0 radical (unpaired) electrons. The number of rotatable bonds is 8. The van der Waals surface area contributed by atoms with Crippen LogP contribution in [0.4, 0.5) is 4.79 Å². The molecule has 1 fully saturated rings.